The maximum atomic E-state index is 11.9. The molecule has 0 spiro atoms. The molecule has 0 atom stereocenters. The number of carboxylic acids is 1. The summed E-state index contributed by atoms with van der Waals surface area (Å²) in [6, 6.07) is 3.92. The number of nitro groups is 1. The highest BCUT2D eigenvalue weighted by Gasteiger charge is 2.52. The molecular weight excluding hydrogens is 276 g/mol. The van der Waals surface area contributed by atoms with Gasteiger partial charge in [-0.05, 0) is 25.0 Å². The van der Waals surface area contributed by atoms with Gasteiger partial charge >= 0.3 is 11.7 Å². The Bertz CT molecular complexity index is 582. The quantitative estimate of drug-likeness (QED) is 0.644. The van der Waals surface area contributed by atoms with Crippen LogP contribution in [0.5, 0.6) is 0 Å². The van der Waals surface area contributed by atoms with Crippen molar-refractivity contribution in [3.8, 4) is 0 Å². The van der Waals surface area contributed by atoms with Crippen LogP contribution >= 0.6 is 11.6 Å². The van der Waals surface area contributed by atoms with Gasteiger partial charge in [-0.3, -0.25) is 14.9 Å². The first-order valence-corrected chi connectivity index (χ1v) is 5.74. The van der Waals surface area contributed by atoms with Crippen LogP contribution in [0.25, 0.3) is 0 Å². The third kappa shape index (κ3) is 2.37. The number of rotatable bonds is 4. The highest BCUT2D eigenvalue weighted by molar-refractivity contribution is 6.33. The Morgan fingerprint density at radius 1 is 1.42 bits per heavy atom. The Kier molecular flexibility index (Phi) is 3.15. The van der Waals surface area contributed by atoms with Gasteiger partial charge in [-0.25, -0.2) is 4.79 Å². The van der Waals surface area contributed by atoms with Crippen molar-refractivity contribution in [1.29, 1.82) is 0 Å². The van der Waals surface area contributed by atoms with E-state index in [4.69, 9.17) is 16.7 Å². The van der Waals surface area contributed by atoms with Gasteiger partial charge in [0.2, 0.25) is 0 Å². The summed E-state index contributed by atoms with van der Waals surface area (Å²) in [6.07, 6.45) is 0.616. The number of hydrogen-bond acceptors (Lipinski definition) is 4. The second-order valence-corrected chi connectivity index (χ2v) is 4.64. The van der Waals surface area contributed by atoms with Crippen LogP contribution in [-0.4, -0.2) is 27.4 Å². The van der Waals surface area contributed by atoms with Crippen LogP contribution in [0, 0.1) is 10.1 Å². The number of hydrogen-bond donors (Lipinski definition) is 2. The van der Waals surface area contributed by atoms with Crippen molar-refractivity contribution < 1.29 is 19.6 Å². The Balaban J connectivity index is 2.32. The fourth-order valence-corrected chi connectivity index (χ4v) is 1.93. The fraction of sp³-hybridized carbons (Fsp3) is 0.273. The van der Waals surface area contributed by atoms with Crippen molar-refractivity contribution in [2.75, 3.05) is 0 Å². The average molecular weight is 285 g/mol. The van der Waals surface area contributed by atoms with E-state index in [0.29, 0.717) is 12.8 Å². The van der Waals surface area contributed by atoms with Gasteiger partial charge in [0.05, 0.1) is 4.92 Å². The molecule has 0 radical (unpaired) electrons. The largest absolute Gasteiger partial charge is 0.480 e. The maximum absolute atomic E-state index is 11.9. The summed E-state index contributed by atoms with van der Waals surface area (Å²) in [6.45, 7) is 0. The smallest absolute Gasteiger partial charge is 0.329 e. The molecule has 0 heterocycles. The molecule has 1 aliphatic rings. The number of carbonyl (C=O) groups excluding carboxylic acids is 1. The molecule has 1 saturated carbocycles. The molecule has 1 fully saturated rings. The average Bonchev–Trinajstić information content (AvgIpc) is 3.09. The molecule has 1 aliphatic carbocycles. The molecule has 2 rings (SSSR count). The lowest BCUT2D eigenvalue weighted by atomic mass is 10.1. The summed E-state index contributed by atoms with van der Waals surface area (Å²) in [5.41, 5.74) is -2.07. The van der Waals surface area contributed by atoms with Gasteiger partial charge < -0.3 is 10.4 Å². The minimum Gasteiger partial charge on any atom is -0.480 e. The van der Waals surface area contributed by atoms with Crippen molar-refractivity contribution in [3.63, 3.8) is 0 Å². The van der Waals surface area contributed by atoms with Gasteiger partial charge in [-0.1, -0.05) is 17.7 Å². The molecule has 0 aromatic heterocycles. The van der Waals surface area contributed by atoms with Crippen molar-refractivity contribution in [2.45, 2.75) is 18.4 Å². The van der Waals surface area contributed by atoms with Crippen LogP contribution in [0.3, 0.4) is 0 Å². The van der Waals surface area contributed by atoms with Crippen LogP contribution in [0.1, 0.15) is 23.2 Å². The second-order valence-electron chi connectivity index (χ2n) is 4.23. The third-order valence-electron chi connectivity index (χ3n) is 2.93. The molecule has 7 nitrogen and oxygen atoms in total. The van der Waals surface area contributed by atoms with E-state index in [1.807, 2.05) is 0 Å². The molecule has 0 aliphatic heterocycles. The number of amides is 1. The Morgan fingerprint density at radius 3 is 2.53 bits per heavy atom. The van der Waals surface area contributed by atoms with Crippen LogP contribution in [0.2, 0.25) is 5.02 Å². The summed E-state index contributed by atoms with van der Waals surface area (Å²) in [5.74, 6) is -1.96. The van der Waals surface area contributed by atoms with E-state index >= 15 is 0 Å². The van der Waals surface area contributed by atoms with E-state index in [1.165, 1.54) is 18.2 Å². The summed E-state index contributed by atoms with van der Waals surface area (Å²) in [5, 5.41) is 22.0. The first-order chi connectivity index (χ1) is 8.87. The number of nitrogens with zero attached hydrogens (tertiary/aromatic N) is 1. The SMILES string of the molecule is O=C(NC1(C(=O)O)CC1)c1cccc(Cl)c1[N+](=O)[O-]. The van der Waals surface area contributed by atoms with Crippen LogP contribution in [-0.2, 0) is 4.79 Å². The van der Waals surface area contributed by atoms with E-state index < -0.39 is 28.0 Å². The zero-order chi connectivity index (χ0) is 14.2. The fourth-order valence-electron chi connectivity index (χ4n) is 1.69. The van der Waals surface area contributed by atoms with Gasteiger partial charge in [0, 0.05) is 0 Å². The normalized spacial score (nSPS) is 15.6. The van der Waals surface area contributed by atoms with Crippen LogP contribution in [0.15, 0.2) is 18.2 Å². The number of benzene rings is 1. The topological polar surface area (TPSA) is 110 Å². The molecule has 1 amide bonds. The zero-order valence-corrected chi connectivity index (χ0v) is 10.3. The number of carbonyl (C=O) groups is 2. The summed E-state index contributed by atoms with van der Waals surface area (Å²) in [4.78, 5) is 33.0. The van der Waals surface area contributed by atoms with Crippen LogP contribution < -0.4 is 5.32 Å². The number of aliphatic carboxylic acids is 1. The third-order valence-corrected chi connectivity index (χ3v) is 3.23. The van der Waals surface area contributed by atoms with E-state index in [1.54, 1.807) is 0 Å². The summed E-state index contributed by atoms with van der Waals surface area (Å²) < 4.78 is 0. The first kappa shape index (κ1) is 13.3. The van der Waals surface area contributed by atoms with Gasteiger partial charge in [0.25, 0.3) is 5.91 Å². The van der Waals surface area contributed by atoms with Gasteiger partial charge in [-0.15, -0.1) is 0 Å². The Morgan fingerprint density at radius 2 is 2.05 bits per heavy atom. The number of halogens is 1. The van der Waals surface area contributed by atoms with E-state index in [-0.39, 0.29) is 10.6 Å². The molecule has 0 unspecified atom stereocenters. The lowest BCUT2D eigenvalue weighted by Crippen LogP contribution is -2.43. The second kappa shape index (κ2) is 4.51. The van der Waals surface area contributed by atoms with Crippen molar-refractivity contribution in [1.82, 2.24) is 5.32 Å². The van der Waals surface area contributed by atoms with Crippen LogP contribution in [0.4, 0.5) is 5.69 Å². The number of nitrogens with one attached hydrogen (secondary N) is 1. The minimum absolute atomic E-state index is 0.169. The minimum atomic E-state index is -1.30. The van der Waals surface area contributed by atoms with E-state index in [9.17, 15) is 19.7 Å². The van der Waals surface area contributed by atoms with E-state index in [0.717, 1.165) is 0 Å². The number of para-hydroxylation sites is 1. The highest BCUT2D eigenvalue weighted by atomic mass is 35.5. The van der Waals surface area contributed by atoms with Crippen molar-refractivity contribution in [2.24, 2.45) is 0 Å². The van der Waals surface area contributed by atoms with Gasteiger partial charge in [0.1, 0.15) is 16.1 Å². The van der Waals surface area contributed by atoms with Crippen molar-refractivity contribution >= 4 is 29.2 Å². The maximum Gasteiger partial charge on any atom is 0.329 e. The standard InChI is InChI=1S/C11H9ClN2O5/c12-7-3-1-2-6(8(7)14(18)19)9(15)13-11(4-5-11)10(16)17/h1-3H,4-5H2,(H,13,15)(H,16,17). The monoisotopic (exact) mass is 284 g/mol. The number of nitro benzene ring substituents is 1. The molecular formula is C11H9ClN2O5. The zero-order valence-electron chi connectivity index (χ0n) is 9.55. The molecule has 8 heteroatoms. The molecule has 0 bridgehead atoms. The first-order valence-electron chi connectivity index (χ1n) is 5.36. The molecule has 0 saturated heterocycles. The lowest BCUT2D eigenvalue weighted by molar-refractivity contribution is -0.385. The molecule has 19 heavy (non-hydrogen) atoms. The Labute approximate surface area is 112 Å². The molecule has 1 aromatic rings. The predicted molar refractivity (Wildman–Crippen MR) is 65.2 cm³/mol. The molecule has 100 valence electrons. The number of carboxylic acid groups (broad SMARTS) is 1. The molecule has 1 aromatic carbocycles. The van der Waals surface area contributed by atoms with Gasteiger partial charge in [0.15, 0.2) is 0 Å². The highest BCUT2D eigenvalue weighted by Crippen LogP contribution is 2.36. The van der Waals surface area contributed by atoms with Gasteiger partial charge in [-0.2, -0.15) is 0 Å². The Hall–Kier alpha value is -2.15. The summed E-state index contributed by atoms with van der Waals surface area (Å²) in [7, 11) is 0. The lowest BCUT2D eigenvalue weighted by Gasteiger charge is -2.12. The van der Waals surface area contributed by atoms with Crippen molar-refractivity contribution in [3.05, 3.63) is 38.9 Å². The molecule has 2 N–H and O–H groups in total. The summed E-state index contributed by atoms with van der Waals surface area (Å²) >= 11 is 5.68. The predicted octanol–water partition coefficient (Wildman–Crippen LogP) is 1.60. The van der Waals surface area contributed by atoms with E-state index in [2.05, 4.69) is 5.32 Å².